The first-order valence-corrected chi connectivity index (χ1v) is 2.72. The quantitative estimate of drug-likeness (QED) is 0.487. The highest BCUT2D eigenvalue weighted by atomic mass is 35.5. The smallest absolute Gasteiger partial charge is 0.000558 e. The molecule has 0 spiro atoms. The highest BCUT2D eigenvalue weighted by molar-refractivity contribution is 6.25. The van der Waals surface area contributed by atoms with E-state index in [4.69, 9.17) is 11.6 Å². The molecule has 0 radical (unpaired) electrons. The van der Waals surface area contributed by atoms with Crippen LogP contribution in [0.3, 0.4) is 0 Å². The number of halogens is 1. The highest BCUT2D eigenvalue weighted by Gasteiger charge is 1.62. The van der Waals surface area contributed by atoms with Crippen molar-refractivity contribution in [3.63, 3.8) is 0 Å². The minimum absolute atomic E-state index is 0.944. The maximum atomic E-state index is 5.22. The molecular formula is C6H9Cl. The van der Waals surface area contributed by atoms with Crippen LogP contribution in [-0.4, -0.2) is 0 Å². The van der Waals surface area contributed by atoms with E-state index in [1.807, 2.05) is 25.2 Å². The van der Waals surface area contributed by atoms with Crippen molar-refractivity contribution in [3.8, 4) is 0 Å². The molecule has 0 saturated carbocycles. The van der Waals surface area contributed by atoms with E-state index in [0.717, 1.165) is 6.42 Å². The maximum absolute atomic E-state index is 5.22. The largest absolute Gasteiger partial charge is 0.0933 e. The molecule has 0 atom stereocenters. The van der Waals surface area contributed by atoms with E-state index in [0.29, 0.717) is 0 Å². The molecule has 0 saturated heterocycles. The van der Waals surface area contributed by atoms with E-state index in [1.165, 1.54) is 5.54 Å². The molecule has 0 aromatic heterocycles. The third-order valence-corrected chi connectivity index (χ3v) is 0.775. The van der Waals surface area contributed by atoms with Crippen molar-refractivity contribution in [3.05, 3.63) is 23.8 Å². The van der Waals surface area contributed by atoms with E-state index in [1.54, 1.807) is 0 Å². The normalized spacial score (nSPS) is 11.7. The summed E-state index contributed by atoms with van der Waals surface area (Å²) in [6, 6.07) is 0. The Kier molecular flexibility index (Phi) is 5.58. The fourth-order valence-electron chi connectivity index (χ4n) is 0.266. The van der Waals surface area contributed by atoms with Gasteiger partial charge in [0.1, 0.15) is 0 Å². The Labute approximate surface area is 49.5 Å². The average molecular weight is 117 g/mol. The van der Waals surface area contributed by atoms with Gasteiger partial charge in [0, 0.05) is 5.54 Å². The summed E-state index contributed by atoms with van der Waals surface area (Å²) in [5.74, 6) is 0. The van der Waals surface area contributed by atoms with Gasteiger partial charge in [0.15, 0.2) is 0 Å². The van der Waals surface area contributed by atoms with E-state index >= 15 is 0 Å². The highest BCUT2D eigenvalue weighted by Crippen LogP contribution is 1.86. The summed E-state index contributed by atoms with van der Waals surface area (Å²) in [5, 5.41) is 0. The van der Waals surface area contributed by atoms with Crippen molar-refractivity contribution in [1.29, 1.82) is 0 Å². The van der Waals surface area contributed by atoms with Gasteiger partial charge in [-0.3, -0.25) is 0 Å². The van der Waals surface area contributed by atoms with E-state index in [9.17, 15) is 0 Å². The van der Waals surface area contributed by atoms with Gasteiger partial charge in [0.2, 0.25) is 0 Å². The first-order chi connectivity index (χ1) is 3.41. The number of hydrogen-bond acceptors (Lipinski definition) is 0. The zero-order chi connectivity index (χ0) is 5.54. The average Bonchev–Trinajstić information content (AvgIpc) is 1.69. The van der Waals surface area contributed by atoms with Crippen LogP contribution in [0.1, 0.15) is 13.3 Å². The molecule has 7 heavy (non-hydrogen) atoms. The second-order valence-corrected chi connectivity index (χ2v) is 1.42. The minimum Gasteiger partial charge on any atom is -0.0933 e. The van der Waals surface area contributed by atoms with Crippen LogP contribution in [0.4, 0.5) is 0 Å². The van der Waals surface area contributed by atoms with Crippen molar-refractivity contribution in [1.82, 2.24) is 0 Å². The molecule has 0 aromatic rings. The topological polar surface area (TPSA) is 0 Å². The van der Waals surface area contributed by atoms with Gasteiger partial charge >= 0.3 is 0 Å². The first kappa shape index (κ1) is 6.77. The molecule has 0 fully saturated rings. The molecule has 0 bridgehead atoms. The second kappa shape index (κ2) is 5.77. The third kappa shape index (κ3) is 5.77. The van der Waals surface area contributed by atoms with Gasteiger partial charge in [-0.15, -0.1) is 0 Å². The van der Waals surface area contributed by atoms with E-state index < -0.39 is 0 Å². The molecule has 1 heteroatoms. The van der Waals surface area contributed by atoms with E-state index in [2.05, 4.69) is 0 Å². The summed E-state index contributed by atoms with van der Waals surface area (Å²) in [4.78, 5) is 0. The van der Waals surface area contributed by atoms with Crippen molar-refractivity contribution >= 4 is 11.6 Å². The summed E-state index contributed by atoms with van der Waals surface area (Å²) in [7, 11) is 0. The summed E-state index contributed by atoms with van der Waals surface area (Å²) >= 11 is 5.22. The molecule has 0 nitrogen and oxygen atoms in total. The molecular weight excluding hydrogens is 108 g/mol. The van der Waals surface area contributed by atoms with E-state index in [-0.39, 0.29) is 0 Å². The predicted octanol–water partition coefficient (Wildman–Crippen LogP) is 2.71. The number of hydrogen-bond donors (Lipinski definition) is 0. The van der Waals surface area contributed by atoms with Crippen LogP contribution in [-0.2, 0) is 0 Å². The fourth-order valence-corrected chi connectivity index (χ4v) is 0.369. The number of rotatable bonds is 2. The van der Waals surface area contributed by atoms with Gasteiger partial charge in [-0.05, 0) is 13.3 Å². The lowest BCUT2D eigenvalue weighted by atomic mass is 10.4. The van der Waals surface area contributed by atoms with Crippen LogP contribution in [0.15, 0.2) is 23.8 Å². The summed E-state index contributed by atoms with van der Waals surface area (Å²) in [6.07, 6.45) is 6.87. The maximum Gasteiger partial charge on any atom is 0.000558 e. The molecule has 40 valence electrons. The number of allylic oxidation sites excluding steroid dienone is 3. The molecule has 0 aliphatic carbocycles. The third-order valence-electron chi connectivity index (χ3n) is 0.597. The molecule has 0 aliphatic rings. The second-order valence-electron chi connectivity index (χ2n) is 1.17. The van der Waals surface area contributed by atoms with Gasteiger partial charge in [-0.25, -0.2) is 0 Å². The lowest BCUT2D eigenvalue weighted by Gasteiger charge is -1.72. The Morgan fingerprint density at radius 3 is 2.57 bits per heavy atom. The van der Waals surface area contributed by atoms with Gasteiger partial charge < -0.3 is 0 Å². The minimum atomic E-state index is 0.944. The van der Waals surface area contributed by atoms with Crippen molar-refractivity contribution in [2.45, 2.75) is 13.3 Å². The van der Waals surface area contributed by atoms with Crippen molar-refractivity contribution in [2.75, 3.05) is 0 Å². The molecule has 0 aromatic carbocycles. The zero-order valence-corrected chi connectivity index (χ0v) is 5.15. The molecule has 0 amide bonds. The Bertz CT molecular complexity index is 62.2. The standard InChI is InChI=1S/C6H9Cl/c1-2-3-4-5-6-7/h2-3,5-6H,4H2,1H3. The van der Waals surface area contributed by atoms with Crippen LogP contribution < -0.4 is 0 Å². The van der Waals surface area contributed by atoms with Crippen molar-refractivity contribution < 1.29 is 0 Å². The zero-order valence-electron chi connectivity index (χ0n) is 4.39. The fraction of sp³-hybridized carbons (Fsp3) is 0.333. The summed E-state index contributed by atoms with van der Waals surface area (Å²) < 4.78 is 0. The Morgan fingerprint density at radius 1 is 1.43 bits per heavy atom. The Morgan fingerprint density at radius 2 is 2.14 bits per heavy atom. The molecule has 0 aliphatic heterocycles. The van der Waals surface area contributed by atoms with Crippen LogP contribution in [0.25, 0.3) is 0 Å². The van der Waals surface area contributed by atoms with Crippen molar-refractivity contribution in [2.24, 2.45) is 0 Å². The molecule has 0 N–H and O–H groups in total. The van der Waals surface area contributed by atoms with Gasteiger partial charge in [0.25, 0.3) is 0 Å². The lowest BCUT2D eigenvalue weighted by Crippen LogP contribution is -1.50. The van der Waals surface area contributed by atoms with Crippen LogP contribution in [0.2, 0.25) is 0 Å². The van der Waals surface area contributed by atoms with Gasteiger partial charge in [0.05, 0.1) is 0 Å². The lowest BCUT2D eigenvalue weighted by molar-refractivity contribution is 1.39. The summed E-state index contributed by atoms with van der Waals surface area (Å²) in [6.45, 7) is 1.99. The van der Waals surface area contributed by atoms with Crippen LogP contribution in [0.5, 0.6) is 0 Å². The van der Waals surface area contributed by atoms with Crippen LogP contribution >= 0.6 is 11.6 Å². The van der Waals surface area contributed by atoms with Crippen LogP contribution in [0, 0.1) is 0 Å². The Hall–Kier alpha value is -0.230. The molecule has 0 heterocycles. The Balaban J connectivity index is 2.98. The summed E-state index contributed by atoms with van der Waals surface area (Å²) in [5.41, 5.74) is 1.53. The monoisotopic (exact) mass is 116 g/mol. The first-order valence-electron chi connectivity index (χ1n) is 2.28. The van der Waals surface area contributed by atoms with Gasteiger partial charge in [-0.1, -0.05) is 29.8 Å². The SMILES string of the molecule is CC=CCC=CCl. The predicted molar refractivity (Wildman–Crippen MR) is 34.4 cm³/mol. The molecule has 0 unspecified atom stereocenters. The molecule has 0 rings (SSSR count). The van der Waals surface area contributed by atoms with Gasteiger partial charge in [-0.2, -0.15) is 0 Å².